The molecule has 1 fully saturated rings. The summed E-state index contributed by atoms with van der Waals surface area (Å²) in [5.41, 5.74) is -1.09. The van der Waals surface area contributed by atoms with Crippen LogP contribution in [0.25, 0.3) is 0 Å². The van der Waals surface area contributed by atoms with Crippen molar-refractivity contribution in [3.63, 3.8) is 0 Å². The molecule has 1 aromatic rings. The maximum atomic E-state index is 12.8. The van der Waals surface area contributed by atoms with Crippen LogP contribution in [0.2, 0.25) is 10.0 Å². The van der Waals surface area contributed by atoms with Crippen LogP contribution >= 0.6 is 34.8 Å². The Morgan fingerprint density at radius 1 is 1.33 bits per heavy atom. The number of methoxy groups -OCH3 is 1. The summed E-state index contributed by atoms with van der Waals surface area (Å²) in [5.74, 6) is -0.714. The maximum Gasteiger partial charge on any atom is 0.327 e. The molecule has 0 spiro atoms. The van der Waals surface area contributed by atoms with E-state index in [0.717, 1.165) is 0 Å². The highest BCUT2D eigenvalue weighted by molar-refractivity contribution is 7.89. The van der Waals surface area contributed by atoms with E-state index in [9.17, 15) is 13.2 Å². The summed E-state index contributed by atoms with van der Waals surface area (Å²) in [6.45, 7) is 0.470. The quantitative estimate of drug-likeness (QED) is 0.589. The fourth-order valence-corrected chi connectivity index (χ4v) is 5.22. The molecule has 24 heavy (non-hydrogen) atoms. The summed E-state index contributed by atoms with van der Waals surface area (Å²) in [5, 5.41) is 0.194. The SMILES string of the molecule is COC(=O)C1(NS(=O)(=O)c2ccc(Cl)c(CCl)c2Cl)CCOCC1. The third kappa shape index (κ3) is 3.81. The highest BCUT2D eigenvalue weighted by Gasteiger charge is 2.45. The zero-order chi connectivity index (χ0) is 18.0. The van der Waals surface area contributed by atoms with Crippen molar-refractivity contribution >= 4 is 50.8 Å². The Hall–Kier alpha value is -0.570. The molecule has 0 bridgehead atoms. The lowest BCUT2D eigenvalue weighted by Crippen LogP contribution is -2.57. The number of hydrogen-bond donors (Lipinski definition) is 1. The normalized spacial score (nSPS) is 17.5. The van der Waals surface area contributed by atoms with Gasteiger partial charge in [-0.1, -0.05) is 23.2 Å². The lowest BCUT2D eigenvalue weighted by Gasteiger charge is -2.34. The van der Waals surface area contributed by atoms with Crippen molar-refractivity contribution in [1.82, 2.24) is 4.72 Å². The second-order valence-electron chi connectivity index (χ2n) is 5.26. The first-order valence-electron chi connectivity index (χ1n) is 7.00. The molecule has 1 saturated heterocycles. The lowest BCUT2D eigenvalue weighted by molar-refractivity contribution is -0.151. The van der Waals surface area contributed by atoms with Gasteiger partial charge in [0.1, 0.15) is 10.4 Å². The topological polar surface area (TPSA) is 81.7 Å². The van der Waals surface area contributed by atoms with Gasteiger partial charge in [-0.3, -0.25) is 4.79 Å². The van der Waals surface area contributed by atoms with Crippen molar-refractivity contribution < 1.29 is 22.7 Å². The van der Waals surface area contributed by atoms with Gasteiger partial charge in [-0.2, -0.15) is 4.72 Å². The molecule has 0 unspecified atom stereocenters. The Kier molecular flexibility index (Phi) is 6.39. The number of benzene rings is 1. The van der Waals surface area contributed by atoms with Crippen LogP contribution in [-0.2, 0) is 30.2 Å². The minimum atomic E-state index is -4.11. The van der Waals surface area contributed by atoms with E-state index in [2.05, 4.69) is 4.72 Å². The Balaban J connectivity index is 2.45. The standard InChI is InChI=1S/C14H16Cl3NO5S/c1-22-13(19)14(4-6-23-7-5-14)18-24(20,21)11-3-2-10(16)9(8-15)12(11)17/h2-3,18H,4-8H2,1H3. The van der Waals surface area contributed by atoms with Gasteiger partial charge in [0.15, 0.2) is 0 Å². The molecule has 1 aromatic carbocycles. The van der Waals surface area contributed by atoms with Gasteiger partial charge in [0.05, 0.1) is 18.0 Å². The van der Waals surface area contributed by atoms with Crippen molar-refractivity contribution in [2.24, 2.45) is 0 Å². The highest BCUT2D eigenvalue weighted by Crippen LogP contribution is 2.33. The van der Waals surface area contributed by atoms with Crippen LogP contribution in [0.5, 0.6) is 0 Å². The van der Waals surface area contributed by atoms with Crippen LogP contribution in [0.15, 0.2) is 17.0 Å². The molecule has 0 aromatic heterocycles. The number of alkyl halides is 1. The Morgan fingerprint density at radius 3 is 2.50 bits per heavy atom. The molecule has 134 valence electrons. The van der Waals surface area contributed by atoms with Gasteiger partial charge in [-0.05, 0) is 12.1 Å². The monoisotopic (exact) mass is 415 g/mol. The number of esters is 1. The Morgan fingerprint density at radius 2 is 1.96 bits per heavy atom. The smallest absolute Gasteiger partial charge is 0.327 e. The minimum Gasteiger partial charge on any atom is -0.468 e. The fourth-order valence-electron chi connectivity index (χ4n) is 2.48. The molecular formula is C14H16Cl3NO5S. The number of carbonyl (C=O) groups excluding carboxylic acids is 1. The van der Waals surface area contributed by atoms with E-state index in [1.165, 1.54) is 19.2 Å². The van der Waals surface area contributed by atoms with Crippen molar-refractivity contribution in [3.8, 4) is 0 Å². The zero-order valence-electron chi connectivity index (χ0n) is 12.8. The number of hydrogen-bond acceptors (Lipinski definition) is 5. The summed E-state index contributed by atoms with van der Waals surface area (Å²) >= 11 is 17.9. The number of rotatable bonds is 5. The van der Waals surface area contributed by atoms with Gasteiger partial charge in [0, 0.05) is 36.6 Å². The van der Waals surface area contributed by atoms with E-state index in [0.29, 0.717) is 5.56 Å². The number of halogens is 3. The van der Waals surface area contributed by atoms with Crippen molar-refractivity contribution in [2.45, 2.75) is 29.2 Å². The van der Waals surface area contributed by atoms with E-state index in [1.807, 2.05) is 0 Å². The Labute approximate surface area is 155 Å². The summed E-state index contributed by atoms with van der Waals surface area (Å²) in [4.78, 5) is 12.0. The van der Waals surface area contributed by atoms with Gasteiger partial charge >= 0.3 is 5.97 Å². The second-order valence-corrected chi connectivity index (χ2v) is 7.97. The molecule has 0 radical (unpaired) electrons. The van der Waals surface area contributed by atoms with E-state index < -0.39 is 21.5 Å². The molecule has 0 atom stereocenters. The number of ether oxygens (including phenoxy) is 2. The second kappa shape index (κ2) is 7.76. The summed E-state index contributed by atoms with van der Waals surface area (Å²) < 4.78 is 38.0. The minimum absolute atomic E-state index is 0.0446. The fraction of sp³-hybridized carbons (Fsp3) is 0.500. The van der Waals surface area contributed by atoms with Crippen LogP contribution in [0.1, 0.15) is 18.4 Å². The van der Waals surface area contributed by atoms with Gasteiger partial charge < -0.3 is 9.47 Å². The summed E-state index contributed by atoms with van der Waals surface area (Å²) in [7, 11) is -2.91. The molecular weight excluding hydrogens is 401 g/mol. The number of sulfonamides is 1. The van der Waals surface area contributed by atoms with Gasteiger partial charge in [0.2, 0.25) is 10.0 Å². The Bertz CT molecular complexity index is 732. The third-order valence-electron chi connectivity index (χ3n) is 3.83. The van der Waals surface area contributed by atoms with Crippen LogP contribution < -0.4 is 4.72 Å². The molecule has 0 amide bonds. The van der Waals surface area contributed by atoms with E-state index in [-0.39, 0.29) is 46.9 Å². The lowest BCUT2D eigenvalue weighted by atomic mass is 9.92. The van der Waals surface area contributed by atoms with Crippen LogP contribution in [0.3, 0.4) is 0 Å². The number of carbonyl (C=O) groups is 1. The molecule has 0 saturated carbocycles. The van der Waals surface area contributed by atoms with Crippen LogP contribution in [0.4, 0.5) is 0 Å². The molecule has 1 aliphatic heterocycles. The van der Waals surface area contributed by atoms with E-state index in [4.69, 9.17) is 44.3 Å². The van der Waals surface area contributed by atoms with Gasteiger partial charge in [0.25, 0.3) is 0 Å². The summed E-state index contributed by atoms with van der Waals surface area (Å²) in [6.07, 6.45) is 0.318. The average Bonchev–Trinajstić information content (AvgIpc) is 2.54. The molecule has 2 rings (SSSR count). The van der Waals surface area contributed by atoms with Gasteiger partial charge in [-0.15, -0.1) is 11.6 Å². The highest BCUT2D eigenvalue weighted by atomic mass is 35.5. The van der Waals surface area contributed by atoms with Crippen LogP contribution in [-0.4, -0.2) is 40.2 Å². The molecule has 10 heteroatoms. The van der Waals surface area contributed by atoms with Crippen molar-refractivity contribution in [2.75, 3.05) is 20.3 Å². The first-order chi connectivity index (χ1) is 11.3. The predicted octanol–water partition coefficient (Wildman–Crippen LogP) is 2.73. The molecule has 1 aliphatic rings. The molecule has 1 heterocycles. The summed E-state index contributed by atoms with van der Waals surface area (Å²) in [6, 6.07) is 2.67. The van der Waals surface area contributed by atoms with E-state index in [1.54, 1.807) is 0 Å². The van der Waals surface area contributed by atoms with Crippen LogP contribution in [0, 0.1) is 0 Å². The van der Waals surface area contributed by atoms with E-state index >= 15 is 0 Å². The van der Waals surface area contributed by atoms with Gasteiger partial charge in [-0.25, -0.2) is 8.42 Å². The molecule has 1 N–H and O–H groups in total. The molecule has 6 nitrogen and oxygen atoms in total. The largest absolute Gasteiger partial charge is 0.468 e. The first-order valence-corrected chi connectivity index (χ1v) is 9.78. The van der Waals surface area contributed by atoms with Crippen molar-refractivity contribution in [1.29, 1.82) is 0 Å². The van der Waals surface area contributed by atoms with Crippen molar-refractivity contribution in [3.05, 3.63) is 27.7 Å². The maximum absolute atomic E-state index is 12.8. The zero-order valence-corrected chi connectivity index (χ0v) is 15.9. The third-order valence-corrected chi connectivity index (χ3v) is 6.57. The molecule has 0 aliphatic carbocycles. The predicted molar refractivity (Wildman–Crippen MR) is 91.1 cm³/mol. The number of nitrogens with one attached hydrogen (secondary N) is 1. The average molecular weight is 417 g/mol. The first kappa shape index (κ1) is 19.8.